The predicted octanol–water partition coefficient (Wildman–Crippen LogP) is 3.82. The number of hydrogen-bond acceptors (Lipinski definition) is 2. The minimum Gasteiger partial charge on any atom is -0.381 e. The molecule has 0 N–H and O–H groups in total. The van der Waals surface area contributed by atoms with Crippen LogP contribution in [0.2, 0.25) is 0 Å². The Morgan fingerprint density at radius 2 is 1.94 bits per heavy atom. The predicted molar refractivity (Wildman–Crippen MR) is 69.7 cm³/mol. The normalized spacial score (nSPS) is 20.8. The molecule has 86 valence electrons. The van der Waals surface area contributed by atoms with Crippen molar-refractivity contribution in [1.29, 1.82) is 0 Å². The lowest BCUT2D eigenvalue weighted by Crippen LogP contribution is -2.25. The van der Waals surface area contributed by atoms with Gasteiger partial charge in [0.1, 0.15) is 0 Å². The first-order valence-corrected chi connectivity index (χ1v) is 6.83. The highest BCUT2D eigenvalue weighted by Gasteiger charge is 2.23. The van der Waals surface area contributed by atoms with E-state index < -0.39 is 0 Å². The highest BCUT2D eigenvalue weighted by atomic mass is 79.9. The number of Topliss-reactive ketones (excluding diaryl/α,β-unsaturated/α-hetero) is 1. The number of ketones is 1. The summed E-state index contributed by atoms with van der Waals surface area (Å²) in [6.07, 6.45) is 1.91. The van der Waals surface area contributed by atoms with E-state index in [0.717, 1.165) is 34.0 Å². The summed E-state index contributed by atoms with van der Waals surface area (Å²) in [6, 6.07) is 5.65. The van der Waals surface area contributed by atoms with Crippen LogP contribution < -0.4 is 0 Å². The molecule has 0 aromatic heterocycles. The van der Waals surface area contributed by atoms with Gasteiger partial charge in [-0.2, -0.15) is 0 Å². The summed E-state index contributed by atoms with van der Waals surface area (Å²) in [4.78, 5) is 12.2. The van der Waals surface area contributed by atoms with Gasteiger partial charge in [-0.1, -0.05) is 31.9 Å². The van der Waals surface area contributed by atoms with Crippen LogP contribution in [-0.2, 0) is 4.74 Å². The van der Waals surface area contributed by atoms with Crippen LogP contribution in [0.4, 0.5) is 0 Å². The Kier molecular flexibility index (Phi) is 4.16. The van der Waals surface area contributed by atoms with Crippen molar-refractivity contribution in [3.05, 3.63) is 32.7 Å². The van der Waals surface area contributed by atoms with E-state index in [1.54, 1.807) is 0 Å². The SMILES string of the molecule is O=C(c1cc(Br)cc(Br)c1)C1CCCOC1. The minimum atomic E-state index is 0.0231. The number of carbonyl (C=O) groups excluding carboxylic acids is 1. The minimum absolute atomic E-state index is 0.0231. The second-order valence-electron chi connectivity index (χ2n) is 3.94. The number of ether oxygens (including phenoxy) is 1. The van der Waals surface area contributed by atoms with Crippen molar-refractivity contribution in [3.8, 4) is 0 Å². The quantitative estimate of drug-likeness (QED) is 0.760. The molecule has 2 nitrogen and oxygen atoms in total. The Hall–Kier alpha value is -0.190. The van der Waals surface area contributed by atoms with Crippen molar-refractivity contribution < 1.29 is 9.53 Å². The van der Waals surface area contributed by atoms with Crippen molar-refractivity contribution in [3.63, 3.8) is 0 Å². The zero-order valence-corrected chi connectivity index (χ0v) is 11.9. The molecular weight excluding hydrogens is 336 g/mol. The zero-order chi connectivity index (χ0) is 11.5. The van der Waals surface area contributed by atoms with Gasteiger partial charge in [0.05, 0.1) is 6.61 Å². The average Bonchev–Trinajstić information content (AvgIpc) is 2.28. The van der Waals surface area contributed by atoms with Gasteiger partial charge in [0.2, 0.25) is 0 Å². The number of halogens is 2. The largest absolute Gasteiger partial charge is 0.381 e. The van der Waals surface area contributed by atoms with Gasteiger partial charge < -0.3 is 4.74 Å². The van der Waals surface area contributed by atoms with Crippen molar-refractivity contribution in [2.75, 3.05) is 13.2 Å². The van der Waals surface area contributed by atoms with Crippen molar-refractivity contribution in [2.45, 2.75) is 12.8 Å². The van der Waals surface area contributed by atoms with Crippen molar-refractivity contribution >= 4 is 37.6 Å². The summed E-state index contributed by atoms with van der Waals surface area (Å²) >= 11 is 6.78. The fourth-order valence-electron chi connectivity index (χ4n) is 1.88. The summed E-state index contributed by atoms with van der Waals surface area (Å²) in [6.45, 7) is 1.34. The number of rotatable bonds is 2. The summed E-state index contributed by atoms with van der Waals surface area (Å²) in [5.41, 5.74) is 0.747. The molecule has 1 unspecified atom stereocenters. The standard InChI is InChI=1S/C12H12Br2O2/c13-10-4-9(5-11(14)6-10)12(15)8-2-1-3-16-7-8/h4-6,8H,1-3,7H2. The van der Waals surface area contributed by atoms with E-state index in [4.69, 9.17) is 4.74 Å². The van der Waals surface area contributed by atoms with E-state index in [0.29, 0.717) is 6.61 Å². The monoisotopic (exact) mass is 346 g/mol. The molecule has 1 aromatic rings. The smallest absolute Gasteiger partial charge is 0.168 e. The molecule has 16 heavy (non-hydrogen) atoms. The van der Waals surface area contributed by atoms with Crippen LogP contribution in [0.5, 0.6) is 0 Å². The second-order valence-corrected chi connectivity index (χ2v) is 5.77. The average molecular weight is 348 g/mol. The van der Waals surface area contributed by atoms with Crippen LogP contribution >= 0.6 is 31.9 Å². The Labute approximate surface area is 112 Å². The topological polar surface area (TPSA) is 26.3 Å². The molecule has 0 saturated carbocycles. The molecule has 2 rings (SSSR count). The van der Waals surface area contributed by atoms with Crippen LogP contribution in [0.3, 0.4) is 0 Å². The first-order valence-electron chi connectivity index (χ1n) is 5.25. The maximum atomic E-state index is 12.2. The summed E-state index contributed by atoms with van der Waals surface area (Å²) in [5, 5.41) is 0. The van der Waals surface area contributed by atoms with Gasteiger partial charge in [0, 0.05) is 27.0 Å². The molecule has 4 heteroatoms. The molecule has 0 amide bonds. The van der Waals surface area contributed by atoms with Gasteiger partial charge >= 0.3 is 0 Å². The number of benzene rings is 1. The molecule has 0 radical (unpaired) electrons. The Bertz CT molecular complexity index is 378. The third kappa shape index (κ3) is 2.93. The van der Waals surface area contributed by atoms with Gasteiger partial charge in [0.25, 0.3) is 0 Å². The third-order valence-corrected chi connectivity index (χ3v) is 3.59. The molecule has 1 saturated heterocycles. The van der Waals surface area contributed by atoms with Crippen LogP contribution in [0.15, 0.2) is 27.1 Å². The molecule has 1 atom stereocenters. The summed E-state index contributed by atoms with van der Waals surface area (Å²) in [7, 11) is 0. The van der Waals surface area contributed by atoms with Crippen LogP contribution in [-0.4, -0.2) is 19.0 Å². The van der Waals surface area contributed by atoms with E-state index in [1.165, 1.54) is 0 Å². The van der Waals surface area contributed by atoms with E-state index >= 15 is 0 Å². The second kappa shape index (κ2) is 5.43. The van der Waals surface area contributed by atoms with Crippen LogP contribution in [0, 0.1) is 5.92 Å². The first kappa shape index (κ1) is 12.3. The Balaban J connectivity index is 2.19. The lowest BCUT2D eigenvalue weighted by Gasteiger charge is -2.21. The highest BCUT2D eigenvalue weighted by molar-refractivity contribution is 9.11. The van der Waals surface area contributed by atoms with Crippen molar-refractivity contribution in [1.82, 2.24) is 0 Å². The van der Waals surface area contributed by atoms with E-state index in [1.807, 2.05) is 18.2 Å². The fourth-order valence-corrected chi connectivity index (χ4v) is 3.17. The van der Waals surface area contributed by atoms with Gasteiger partial charge in [-0.3, -0.25) is 4.79 Å². The number of carbonyl (C=O) groups is 1. The maximum Gasteiger partial charge on any atom is 0.168 e. The third-order valence-electron chi connectivity index (χ3n) is 2.68. The molecule has 1 aliphatic rings. The van der Waals surface area contributed by atoms with Gasteiger partial charge in [-0.05, 0) is 31.0 Å². The van der Waals surface area contributed by atoms with Crippen molar-refractivity contribution in [2.24, 2.45) is 5.92 Å². The Morgan fingerprint density at radius 3 is 2.50 bits per heavy atom. The van der Waals surface area contributed by atoms with Gasteiger partial charge in [-0.25, -0.2) is 0 Å². The Morgan fingerprint density at radius 1 is 1.25 bits per heavy atom. The molecular formula is C12H12Br2O2. The summed E-state index contributed by atoms with van der Waals surface area (Å²) in [5.74, 6) is 0.205. The first-order chi connectivity index (χ1) is 7.66. The van der Waals surface area contributed by atoms with E-state index in [2.05, 4.69) is 31.9 Å². The molecule has 1 aliphatic heterocycles. The lowest BCUT2D eigenvalue weighted by atomic mass is 9.93. The van der Waals surface area contributed by atoms with Gasteiger partial charge in [0.15, 0.2) is 5.78 Å². The maximum absolute atomic E-state index is 12.2. The molecule has 0 spiro atoms. The molecule has 1 heterocycles. The fraction of sp³-hybridized carbons (Fsp3) is 0.417. The molecule has 0 aliphatic carbocycles. The molecule has 1 fully saturated rings. The molecule has 0 bridgehead atoms. The van der Waals surface area contributed by atoms with E-state index in [9.17, 15) is 4.79 Å². The van der Waals surface area contributed by atoms with Crippen LogP contribution in [0.1, 0.15) is 23.2 Å². The molecule has 1 aromatic carbocycles. The highest BCUT2D eigenvalue weighted by Crippen LogP contribution is 2.24. The van der Waals surface area contributed by atoms with E-state index in [-0.39, 0.29) is 11.7 Å². The van der Waals surface area contributed by atoms with Crippen LogP contribution in [0.25, 0.3) is 0 Å². The number of hydrogen-bond donors (Lipinski definition) is 0. The lowest BCUT2D eigenvalue weighted by molar-refractivity contribution is 0.0461. The van der Waals surface area contributed by atoms with Gasteiger partial charge in [-0.15, -0.1) is 0 Å². The summed E-state index contributed by atoms with van der Waals surface area (Å²) < 4.78 is 7.18. The zero-order valence-electron chi connectivity index (χ0n) is 8.71.